The molecule has 0 bridgehead atoms. The van der Waals surface area contributed by atoms with Crippen molar-refractivity contribution in [3.8, 4) is 0 Å². The molecule has 0 radical (unpaired) electrons. The number of nitrogens with one attached hydrogen (secondary N) is 1. The smallest absolute Gasteiger partial charge is 0.251 e. The summed E-state index contributed by atoms with van der Waals surface area (Å²) >= 11 is 0. The predicted molar refractivity (Wildman–Crippen MR) is 88.8 cm³/mol. The van der Waals surface area contributed by atoms with E-state index in [0.717, 1.165) is 38.5 Å². The largest absolute Gasteiger partial charge is 0.349 e. The van der Waals surface area contributed by atoms with Crippen LogP contribution < -0.4 is 5.32 Å². The van der Waals surface area contributed by atoms with Crippen molar-refractivity contribution in [1.82, 2.24) is 9.62 Å². The Morgan fingerprint density at radius 3 is 2.48 bits per heavy atom. The van der Waals surface area contributed by atoms with Gasteiger partial charge in [-0.15, -0.1) is 0 Å². The Bertz CT molecular complexity index is 666. The lowest BCUT2D eigenvalue weighted by Gasteiger charge is -2.34. The molecule has 2 aliphatic rings. The Kier molecular flexibility index (Phi) is 4.73. The van der Waals surface area contributed by atoms with Crippen molar-refractivity contribution in [1.29, 1.82) is 0 Å². The van der Waals surface area contributed by atoms with E-state index in [1.165, 1.54) is 0 Å². The first-order valence-corrected chi connectivity index (χ1v) is 9.89. The summed E-state index contributed by atoms with van der Waals surface area (Å²) in [5.74, 6) is -0.124. The van der Waals surface area contributed by atoms with Crippen LogP contribution in [0.5, 0.6) is 0 Å². The van der Waals surface area contributed by atoms with E-state index in [0.29, 0.717) is 18.2 Å². The predicted octanol–water partition coefficient (Wildman–Crippen LogP) is 2.53. The number of nitrogens with zero attached hydrogens (tertiary/aromatic N) is 1. The van der Waals surface area contributed by atoms with Crippen molar-refractivity contribution in [3.63, 3.8) is 0 Å². The quantitative estimate of drug-likeness (QED) is 0.898. The maximum Gasteiger partial charge on any atom is 0.251 e. The molecule has 1 amide bonds. The second kappa shape index (κ2) is 6.61. The van der Waals surface area contributed by atoms with E-state index in [9.17, 15) is 13.2 Å². The van der Waals surface area contributed by atoms with Gasteiger partial charge in [-0.05, 0) is 56.4 Å². The van der Waals surface area contributed by atoms with E-state index in [-0.39, 0.29) is 16.8 Å². The van der Waals surface area contributed by atoms with Crippen molar-refractivity contribution < 1.29 is 13.2 Å². The minimum atomic E-state index is -3.47. The molecule has 1 heterocycles. The molecule has 1 aliphatic heterocycles. The lowest BCUT2D eigenvalue weighted by molar-refractivity contribution is 0.0951. The van der Waals surface area contributed by atoms with Gasteiger partial charge in [-0.25, -0.2) is 8.42 Å². The number of amides is 1. The standard InChI is InChI=1S/C17H24N2O3S/c1-2-15-5-3-4-12-19(15)23(21,22)16-10-6-13(7-11-16)17(20)18-14-8-9-14/h6-7,10-11,14-15H,2-5,8-9,12H2,1H3,(H,18,20). The van der Waals surface area contributed by atoms with Crippen molar-refractivity contribution in [2.45, 2.75) is 62.4 Å². The second-order valence-corrected chi connectivity index (χ2v) is 8.34. The average Bonchev–Trinajstić information content (AvgIpc) is 3.39. The Labute approximate surface area is 138 Å². The molecule has 1 unspecified atom stereocenters. The minimum Gasteiger partial charge on any atom is -0.349 e. The van der Waals surface area contributed by atoms with Crippen LogP contribution in [0.1, 0.15) is 55.8 Å². The van der Waals surface area contributed by atoms with Gasteiger partial charge in [-0.3, -0.25) is 4.79 Å². The minimum absolute atomic E-state index is 0.0894. The summed E-state index contributed by atoms with van der Waals surface area (Å²) in [5, 5.41) is 2.91. The van der Waals surface area contributed by atoms with Crippen LogP contribution in [0.2, 0.25) is 0 Å². The molecular weight excluding hydrogens is 312 g/mol. The molecule has 1 saturated heterocycles. The topological polar surface area (TPSA) is 66.5 Å². The summed E-state index contributed by atoms with van der Waals surface area (Å²) in [6.07, 6.45) is 5.83. The van der Waals surface area contributed by atoms with Crippen LogP contribution >= 0.6 is 0 Å². The van der Waals surface area contributed by atoms with E-state index >= 15 is 0 Å². The molecule has 1 aliphatic carbocycles. The first kappa shape index (κ1) is 16.5. The van der Waals surface area contributed by atoms with E-state index in [1.807, 2.05) is 6.92 Å². The number of carbonyl (C=O) groups is 1. The Balaban J connectivity index is 1.78. The first-order valence-electron chi connectivity index (χ1n) is 8.45. The zero-order valence-corrected chi connectivity index (χ0v) is 14.3. The average molecular weight is 336 g/mol. The van der Waals surface area contributed by atoms with Crippen molar-refractivity contribution in [3.05, 3.63) is 29.8 Å². The Morgan fingerprint density at radius 2 is 1.87 bits per heavy atom. The molecule has 1 N–H and O–H groups in total. The van der Waals surface area contributed by atoms with Crippen molar-refractivity contribution >= 4 is 15.9 Å². The van der Waals surface area contributed by atoms with Crippen molar-refractivity contribution in [2.24, 2.45) is 0 Å². The van der Waals surface area contributed by atoms with Crippen LogP contribution in [0.3, 0.4) is 0 Å². The zero-order valence-electron chi connectivity index (χ0n) is 13.5. The van der Waals surface area contributed by atoms with E-state index in [2.05, 4.69) is 5.32 Å². The van der Waals surface area contributed by atoms with Gasteiger partial charge in [0.25, 0.3) is 5.91 Å². The third-order valence-electron chi connectivity index (χ3n) is 4.68. The molecule has 1 aromatic rings. The van der Waals surface area contributed by atoms with Gasteiger partial charge in [-0.1, -0.05) is 13.3 Å². The maximum absolute atomic E-state index is 12.9. The summed E-state index contributed by atoms with van der Waals surface area (Å²) in [4.78, 5) is 12.3. The fraction of sp³-hybridized carbons (Fsp3) is 0.588. The molecule has 0 spiro atoms. The second-order valence-electron chi connectivity index (χ2n) is 6.45. The SMILES string of the molecule is CCC1CCCCN1S(=O)(=O)c1ccc(C(=O)NC2CC2)cc1. The van der Waals surface area contributed by atoms with Gasteiger partial charge in [0, 0.05) is 24.2 Å². The number of benzene rings is 1. The summed E-state index contributed by atoms with van der Waals surface area (Å²) < 4.78 is 27.3. The lowest BCUT2D eigenvalue weighted by Crippen LogP contribution is -2.43. The molecule has 6 heteroatoms. The maximum atomic E-state index is 12.9. The normalized spacial score (nSPS) is 22.7. The van der Waals surface area contributed by atoms with Crippen LogP contribution in [0.4, 0.5) is 0 Å². The van der Waals surface area contributed by atoms with Crippen molar-refractivity contribution in [2.75, 3.05) is 6.54 Å². The number of hydrogen-bond donors (Lipinski definition) is 1. The molecule has 1 atom stereocenters. The van der Waals surface area contributed by atoms with Crippen LogP contribution in [0.25, 0.3) is 0 Å². The van der Waals surface area contributed by atoms with Crippen LogP contribution in [-0.4, -0.2) is 37.3 Å². The molecule has 0 aromatic heterocycles. The van der Waals surface area contributed by atoms with E-state index in [1.54, 1.807) is 28.6 Å². The van der Waals surface area contributed by atoms with E-state index in [4.69, 9.17) is 0 Å². The van der Waals surface area contributed by atoms with Crippen LogP contribution in [-0.2, 0) is 10.0 Å². The molecular formula is C17H24N2O3S. The number of carbonyl (C=O) groups excluding carboxylic acids is 1. The fourth-order valence-electron chi connectivity index (χ4n) is 3.11. The van der Waals surface area contributed by atoms with Gasteiger partial charge in [0.2, 0.25) is 10.0 Å². The summed E-state index contributed by atoms with van der Waals surface area (Å²) in [6, 6.07) is 6.71. The zero-order chi connectivity index (χ0) is 16.4. The summed E-state index contributed by atoms with van der Waals surface area (Å²) in [5.41, 5.74) is 0.515. The third-order valence-corrected chi connectivity index (χ3v) is 6.65. The van der Waals surface area contributed by atoms with Gasteiger partial charge in [0.05, 0.1) is 4.90 Å². The van der Waals surface area contributed by atoms with Crippen LogP contribution in [0.15, 0.2) is 29.2 Å². The molecule has 3 rings (SSSR count). The summed E-state index contributed by atoms with van der Waals surface area (Å²) in [7, 11) is -3.47. The highest BCUT2D eigenvalue weighted by atomic mass is 32.2. The highest BCUT2D eigenvalue weighted by Crippen LogP contribution is 2.27. The molecule has 1 aromatic carbocycles. The molecule has 5 nitrogen and oxygen atoms in total. The fourth-order valence-corrected chi connectivity index (χ4v) is 4.88. The Hall–Kier alpha value is -1.40. The van der Waals surface area contributed by atoms with Crippen LogP contribution in [0, 0.1) is 0 Å². The summed E-state index contributed by atoms with van der Waals surface area (Å²) in [6.45, 7) is 2.62. The monoisotopic (exact) mass is 336 g/mol. The number of hydrogen-bond acceptors (Lipinski definition) is 3. The lowest BCUT2D eigenvalue weighted by atomic mass is 10.0. The van der Waals surface area contributed by atoms with Gasteiger partial charge in [-0.2, -0.15) is 4.31 Å². The molecule has 2 fully saturated rings. The molecule has 1 saturated carbocycles. The molecule has 126 valence electrons. The van der Waals surface area contributed by atoms with Gasteiger partial charge in [0.1, 0.15) is 0 Å². The number of sulfonamides is 1. The first-order chi connectivity index (χ1) is 11.0. The number of piperidine rings is 1. The third kappa shape index (κ3) is 3.58. The highest BCUT2D eigenvalue weighted by molar-refractivity contribution is 7.89. The van der Waals surface area contributed by atoms with Gasteiger partial charge in [0.15, 0.2) is 0 Å². The molecule has 23 heavy (non-hydrogen) atoms. The van der Waals surface area contributed by atoms with Gasteiger partial charge < -0.3 is 5.32 Å². The Morgan fingerprint density at radius 1 is 1.17 bits per heavy atom. The van der Waals surface area contributed by atoms with Gasteiger partial charge >= 0.3 is 0 Å². The number of rotatable bonds is 5. The van der Waals surface area contributed by atoms with E-state index < -0.39 is 10.0 Å². The highest BCUT2D eigenvalue weighted by Gasteiger charge is 2.32.